The number of carbonyl (C=O) groups is 4. The fourth-order valence-electron chi connectivity index (χ4n) is 5.97. The van der Waals surface area contributed by atoms with Crippen LogP contribution in [0.5, 0.6) is 5.75 Å². The van der Waals surface area contributed by atoms with E-state index in [0.29, 0.717) is 25.2 Å². The molecule has 4 aromatic rings. The predicted molar refractivity (Wildman–Crippen MR) is 203 cm³/mol. The first-order chi connectivity index (χ1) is 26.3. The van der Waals surface area contributed by atoms with Gasteiger partial charge in [0.25, 0.3) is 0 Å². The lowest BCUT2D eigenvalue weighted by atomic mass is 9.97. The van der Waals surface area contributed by atoms with Gasteiger partial charge in [0.15, 0.2) is 0 Å². The summed E-state index contributed by atoms with van der Waals surface area (Å²) in [4.78, 5) is 52.8. The quantitative estimate of drug-likeness (QED) is 0.102. The standard InChI is InChI=1S/C43H47N3O8/c47-27-36(24-32-20-22-38(23-21-32)52-28-33-14-6-2-7-15-33)44-40(48)26-35-18-10-11-19-39(46-43(51)54-29-34-16-8-3-9-17-34)42(50)53-30-37(45-41(35)49)25-31-12-4-1-5-13-31/h1-17,20-23,35-37,39,47H,18-19,24-30H2,(H,44,48)(H,45,49)(H,46,51)/t35-,36+,37-,39-/m1/s1. The minimum absolute atomic E-state index is 0.0345. The van der Waals surface area contributed by atoms with Crippen molar-refractivity contribution < 1.29 is 38.5 Å². The van der Waals surface area contributed by atoms with Crippen LogP contribution in [0.4, 0.5) is 4.79 Å². The number of aliphatic hydroxyl groups is 1. The molecular weight excluding hydrogens is 686 g/mol. The molecule has 1 aliphatic rings. The van der Waals surface area contributed by atoms with Crippen LogP contribution < -0.4 is 20.7 Å². The van der Waals surface area contributed by atoms with Crippen LogP contribution >= 0.6 is 0 Å². The summed E-state index contributed by atoms with van der Waals surface area (Å²) in [6.45, 7) is 0.0368. The summed E-state index contributed by atoms with van der Waals surface area (Å²) in [5.41, 5.74) is 3.68. The second kappa shape index (κ2) is 20.9. The minimum Gasteiger partial charge on any atom is -0.489 e. The molecule has 1 heterocycles. The Balaban J connectivity index is 1.20. The molecule has 0 saturated heterocycles. The van der Waals surface area contributed by atoms with Gasteiger partial charge in [-0.3, -0.25) is 9.59 Å². The zero-order valence-corrected chi connectivity index (χ0v) is 30.1. The van der Waals surface area contributed by atoms with Crippen LogP contribution in [0.25, 0.3) is 0 Å². The van der Waals surface area contributed by atoms with Gasteiger partial charge in [-0.2, -0.15) is 0 Å². The van der Waals surface area contributed by atoms with E-state index in [1.165, 1.54) is 0 Å². The molecule has 0 saturated carbocycles. The summed E-state index contributed by atoms with van der Waals surface area (Å²) in [5, 5.41) is 18.6. The molecule has 4 N–H and O–H groups in total. The van der Waals surface area contributed by atoms with Crippen LogP contribution in [0.1, 0.15) is 41.5 Å². The van der Waals surface area contributed by atoms with Gasteiger partial charge in [0.05, 0.1) is 24.6 Å². The van der Waals surface area contributed by atoms with Crippen molar-refractivity contribution >= 4 is 23.9 Å². The van der Waals surface area contributed by atoms with Crippen LogP contribution in [-0.4, -0.2) is 60.3 Å². The van der Waals surface area contributed by atoms with Gasteiger partial charge in [-0.1, -0.05) is 115 Å². The highest BCUT2D eigenvalue weighted by Crippen LogP contribution is 2.17. The summed E-state index contributed by atoms with van der Waals surface area (Å²) in [6.07, 6.45) is 3.53. The zero-order chi connectivity index (χ0) is 38.0. The van der Waals surface area contributed by atoms with Gasteiger partial charge >= 0.3 is 12.1 Å². The van der Waals surface area contributed by atoms with E-state index in [9.17, 15) is 24.3 Å². The van der Waals surface area contributed by atoms with Crippen molar-refractivity contribution in [3.8, 4) is 5.75 Å². The Labute approximate surface area is 315 Å². The maximum Gasteiger partial charge on any atom is 0.408 e. The molecule has 54 heavy (non-hydrogen) atoms. The third kappa shape index (κ3) is 13.2. The SMILES string of the molecule is O=C(C[C@H]1CC=CC[C@@H](NC(=O)OCc2ccccc2)C(=O)OC[C@@H](Cc2ccccc2)NC1=O)N[C@H](CO)Cc1ccc(OCc2ccccc2)cc1. The summed E-state index contributed by atoms with van der Waals surface area (Å²) >= 11 is 0. The zero-order valence-electron chi connectivity index (χ0n) is 30.1. The van der Waals surface area contributed by atoms with Gasteiger partial charge in [0.2, 0.25) is 11.8 Å². The van der Waals surface area contributed by atoms with E-state index in [1.807, 2.05) is 115 Å². The molecular formula is C43H47N3O8. The molecule has 0 spiro atoms. The van der Waals surface area contributed by atoms with Gasteiger partial charge < -0.3 is 35.3 Å². The lowest BCUT2D eigenvalue weighted by Gasteiger charge is -2.25. The number of rotatable bonds is 14. The second-order valence-electron chi connectivity index (χ2n) is 13.2. The van der Waals surface area contributed by atoms with Crippen LogP contribution in [0.15, 0.2) is 127 Å². The van der Waals surface area contributed by atoms with Crippen molar-refractivity contribution in [2.75, 3.05) is 13.2 Å². The third-order valence-corrected chi connectivity index (χ3v) is 8.89. The average Bonchev–Trinajstić information content (AvgIpc) is 3.19. The highest BCUT2D eigenvalue weighted by Gasteiger charge is 2.28. The lowest BCUT2D eigenvalue weighted by molar-refractivity contribution is -0.147. The number of hydrogen-bond donors (Lipinski definition) is 4. The number of esters is 1. The van der Waals surface area contributed by atoms with E-state index in [0.717, 1.165) is 22.3 Å². The summed E-state index contributed by atoms with van der Waals surface area (Å²) in [7, 11) is 0. The van der Waals surface area contributed by atoms with Gasteiger partial charge in [0.1, 0.15) is 31.6 Å². The minimum atomic E-state index is -1.03. The van der Waals surface area contributed by atoms with Crippen molar-refractivity contribution in [2.24, 2.45) is 5.92 Å². The molecule has 11 nitrogen and oxygen atoms in total. The fourth-order valence-corrected chi connectivity index (χ4v) is 5.97. The first kappa shape index (κ1) is 39.3. The molecule has 3 amide bonds. The van der Waals surface area contributed by atoms with Crippen molar-refractivity contribution in [3.63, 3.8) is 0 Å². The lowest BCUT2D eigenvalue weighted by Crippen LogP contribution is -2.47. The molecule has 4 atom stereocenters. The van der Waals surface area contributed by atoms with Crippen LogP contribution in [0.2, 0.25) is 0 Å². The first-order valence-corrected chi connectivity index (χ1v) is 18.1. The van der Waals surface area contributed by atoms with Crippen molar-refractivity contribution in [2.45, 2.75) is 63.4 Å². The summed E-state index contributed by atoms with van der Waals surface area (Å²) in [5.74, 6) is -1.46. The number of ether oxygens (including phenoxy) is 3. The Morgan fingerprint density at radius 2 is 1.39 bits per heavy atom. The number of hydrogen-bond acceptors (Lipinski definition) is 8. The van der Waals surface area contributed by atoms with E-state index in [-0.39, 0.29) is 50.9 Å². The average molecular weight is 734 g/mol. The number of amides is 3. The number of cyclic esters (lactones) is 1. The van der Waals surface area contributed by atoms with E-state index in [1.54, 1.807) is 12.2 Å². The highest BCUT2D eigenvalue weighted by molar-refractivity contribution is 5.86. The molecule has 0 bridgehead atoms. The van der Waals surface area contributed by atoms with E-state index < -0.39 is 36.1 Å². The molecule has 0 radical (unpaired) electrons. The van der Waals surface area contributed by atoms with Crippen LogP contribution in [0, 0.1) is 5.92 Å². The second-order valence-corrected chi connectivity index (χ2v) is 13.2. The molecule has 282 valence electrons. The maximum atomic E-state index is 13.7. The maximum absolute atomic E-state index is 13.7. The molecule has 0 fully saturated rings. The molecule has 5 rings (SSSR count). The van der Waals surface area contributed by atoms with E-state index in [2.05, 4.69) is 16.0 Å². The van der Waals surface area contributed by atoms with Crippen LogP contribution in [0.3, 0.4) is 0 Å². The van der Waals surface area contributed by atoms with Gasteiger partial charge in [-0.25, -0.2) is 9.59 Å². The fraction of sp³-hybridized carbons (Fsp3) is 0.302. The van der Waals surface area contributed by atoms with Crippen molar-refractivity contribution in [3.05, 3.63) is 150 Å². The van der Waals surface area contributed by atoms with Crippen LogP contribution in [-0.2, 0) is 49.9 Å². The molecule has 11 heteroatoms. The number of benzene rings is 4. The van der Waals surface area contributed by atoms with E-state index in [4.69, 9.17) is 14.2 Å². The molecule has 0 aliphatic carbocycles. The Morgan fingerprint density at radius 1 is 0.778 bits per heavy atom. The molecule has 0 unspecified atom stereocenters. The third-order valence-electron chi connectivity index (χ3n) is 8.89. The Hall–Kier alpha value is -5.94. The van der Waals surface area contributed by atoms with Gasteiger partial charge in [-0.05, 0) is 60.1 Å². The molecule has 4 aromatic carbocycles. The summed E-state index contributed by atoms with van der Waals surface area (Å²) in [6, 6.07) is 33.8. The Morgan fingerprint density at radius 3 is 2.04 bits per heavy atom. The largest absolute Gasteiger partial charge is 0.489 e. The monoisotopic (exact) mass is 733 g/mol. The smallest absolute Gasteiger partial charge is 0.408 e. The number of nitrogens with one attached hydrogen (secondary N) is 3. The number of allylic oxidation sites excluding steroid dienone is 1. The number of alkyl carbamates (subject to hydrolysis) is 1. The molecule has 0 aromatic heterocycles. The van der Waals surface area contributed by atoms with Crippen molar-refractivity contribution in [1.29, 1.82) is 0 Å². The van der Waals surface area contributed by atoms with Gasteiger partial charge in [-0.15, -0.1) is 0 Å². The number of carbonyl (C=O) groups excluding carboxylic acids is 4. The topological polar surface area (TPSA) is 152 Å². The highest BCUT2D eigenvalue weighted by atomic mass is 16.6. The normalized spacial score (nSPS) is 18.1. The van der Waals surface area contributed by atoms with Gasteiger partial charge in [0, 0.05) is 6.42 Å². The number of aliphatic hydroxyl groups excluding tert-OH is 1. The predicted octanol–water partition coefficient (Wildman–Crippen LogP) is 5.21. The molecule has 1 aliphatic heterocycles. The van der Waals surface area contributed by atoms with Crippen molar-refractivity contribution in [1.82, 2.24) is 16.0 Å². The Bertz CT molecular complexity index is 1800. The van der Waals surface area contributed by atoms with E-state index >= 15 is 0 Å². The first-order valence-electron chi connectivity index (χ1n) is 18.1. The Kier molecular flexibility index (Phi) is 15.2. The summed E-state index contributed by atoms with van der Waals surface area (Å²) < 4.78 is 16.8.